The molecule has 5 nitrogen and oxygen atoms in total. The Kier molecular flexibility index (Phi) is 9.86. The first-order chi connectivity index (χ1) is 11.4. The van der Waals surface area contributed by atoms with Crippen LogP contribution in [0.1, 0.15) is 58.6 Å². The van der Waals surface area contributed by atoms with Crippen molar-refractivity contribution in [1.29, 1.82) is 0 Å². The molecule has 0 spiro atoms. The maximum atomic E-state index is 11.9. The Balaban J connectivity index is 2.35. The number of unbranched alkanes of at least 4 members (excludes halogenated alkanes) is 4. The first-order valence-electron chi connectivity index (χ1n) is 8.20. The molecule has 8 heteroatoms. The Morgan fingerprint density at radius 1 is 1.33 bits per heavy atom. The molecule has 0 saturated heterocycles. The van der Waals surface area contributed by atoms with Gasteiger partial charge in [0.15, 0.2) is 4.34 Å². The summed E-state index contributed by atoms with van der Waals surface area (Å²) in [5.74, 6) is -0.328. The van der Waals surface area contributed by atoms with Crippen molar-refractivity contribution in [2.24, 2.45) is 0 Å². The molecular weight excluding hydrogens is 363 g/mol. The van der Waals surface area contributed by atoms with Crippen LogP contribution in [-0.4, -0.2) is 28.2 Å². The zero-order valence-electron chi connectivity index (χ0n) is 14.6. The summed E-state index contributed by atoms with van der Waals surface area (Å²) in [6.45, 7) is 6.49. The van der Waals surface area contributed by atoms with Crippen molar-refractivity contribution in [3.8, 4) is 0 Å². The minimum Gasteiger partial charge on any atom is -0.450 e. The van der Waals surface area contributed by atoms with E-state index < -0.39 is 4.75 Å². The van der Waals surface area contributed by atoms with Crippen LogP contribution in [0.5, 0.6) is 0 Å². The fourth-order valence-corrected chi connectivity index (χ4v) is 4.62. The lowest BCUT2D eigenvalue weighted by Gasteiger charge is -2.18. The van der Waals surface area contributed by atoms with Gasteiger partial charge in [-0.15, -0.1) is 11.3 Å². The van der Waals surface area contributed by atoms with Gasteiger partial charge in [0.1, 0.15) is 4.75 Å². The van der Waals surface area contributed by atoms with Gasteiger partial charge in [0.25, 0.3) is 0 Å². The molecular formula is C16H27N2O3PS2. The van der Waals surface area contributed by atoms with E-state index in [0.29, 0.717) is 0 Å². The molecule has 0 saturated carbocycles. The fourth-order valence-electron chi connectivity index (χ4n) is 2.00. The number of thioether (sulfide) groups is 1. The summed E-state index contributed by atoms with van der Waals surface area (Å²) in [6.07, 6.45) is 6.17. The van der Waals surface area contributed by atoms with Crippen LogP contribution >= 0.6 is 32.6 Å². The normalized spacial score (nSPS) is 11.3. The van der Waals surface area contributed by atoms with Crippen molar-refractivity contribution in [3.63, 3.8) is 0 Å². The lowest BCUT2D eigenvalue weighted by atomic mass is 10.1. The van der Waals surface area contributed by atoms with E-state index in [2.05, 4.69) is 17.2 Å². The highest BCUT2D eigenvalue weighted by atomic mass is 32.2. The predicted molar refractivity (Wildman–Crippen MR) is 103 cm³/mol. The van der Waals surface area contributed by atoms with Crippen LogP contribution in [0.2, 0.25) is 0 Å². The van der Waals surface area contributed by atoms with Crippen molar-refractivity contribution in [2.45, 2.75) is 68.4 Å². The quantitative estimate of drug-likeness (QED) is 0.352. The number of hydrogen-bond donors (Lipinski definition) is 1. The second-order valence-corrected chi connectivity index (χ2v) is 9.03. The third kappa shape index (κ3) is 7.95. The molecule has 0 aliphatic heterocycles. The van der Waals surface area contributed by atoms with Crippen LogP contribution in [-0.2, 0) is 20.5 Å². The first kappa shape index (κ1) is 21.4. The number of nitrogens with one attached hydrogen (secondary N) is 1. The van der Waals surface area contributed by atoms with Crippen molar-refractivity contribution in [1.82, 2.24) is 10.3 Å². The van der Waals surface area contributed by atoms with Gasteiger partial charge in [-0.3, -0.25) is 9.59 Å². The van der Waals surface area contributed by atoms with E-state index >= 15 is 0 Å². The average molecular weight is 391 g/mol. The van der Waals surface area contributed by atoms with E-state index in [1.807, 2.05) is 14.8 Å². The maximum absolute atomic E-state index is 11.9. The number of aromatic nitrogens is 1. The van der Waals surface area contributed by atoms with E-state index in [1.165, 1.54) is 42.4 Å². The highest BCUT2D eigenvalue weighted by Crippen LogP contribution is 2.35. The first-order valence-corrected chi connectivity index (χ1v) is 10.4. The maximum Gasteiger partial charge on any atom is 0.324 e. The second kappa shape index (κ2) is 11.1. The molecule has 136 valence electrons. The van der Waals surface area contributed by atoms with Gasteiger partial charge in [-0.25, -0.2) is 4.98 Å². The molecule has 0 aliphatic rings. The Hall–Kier alpha value is -0.650. The van der Waals surface area contributed by atoms with E-state index in [1.54, 1.807) is 13.8 Å². The molecule has 1 heterocycles. The van der Waals surface area contributed by atoms with Crippen LogP contribution in [0.15, 0.2) is 9.72 Å². The van der Waals surface area contributed by atoms with E-state index in [0.717, 1.165) is 29.4 Å². The fraction of sp³-hybridized carbons (Fsp3) is 0.688. The molecule has 0 fully saturated rings. The van der Waals surface area contributed by atoms with E-state index in [4.69, 9.17) is 4.52 Å². The molecule has 1 amide bonds. The lowest BCUT2D eigenvalue weighted by molar-refractivity contribution is -0.135. The molecule has 0 aromatic carbocycles. The van der Waals surface area contributed by atoms with Crippen molar-refractivity contribution >= 4 is 44.4 Å². The summed E-state index contributed by atoms with van der Waals surface area (Å²) < 4.78 is 4.76. The number of carbonyl (C=O) groups is 2. The number of thiazole rings is 1. The van der Waals surface area contributed by atoms with Gasteiger partial charge >= 0.3 is 5.97 Å². The molecule has 1 N–H and O–H groups in total. The number of rotatable bonds is 11. The molecule has 0 aliphatic carbocycles. The van der Waals surface area contributed by atoms with E-state index in [9.17, 15) is 9.59 Å². The summed E-state index contributed by atoms with van der Waals surface area (Å²) in [6, 6.07) is 0. The van der Waals surface area contributed by atoms with Crippen LogP contribution in [0.25, 0.3) is 0 Å². The monoisotopic (exact) mass is 390 g/mol. The zero-order valence-corrected chi connectivity index (χ0v) is 17.4. The van der Waals surface area contributed by atoms with Gasteiger partial charge in [0.05, 0.1) is 21.6 Å². The third-order valence-corrected chi connectivity index (χ3v) is 5.79. The van der Waals surface area contributed by atoms with Crippen molar-refractivity contribution in [2.75, 3.05) is 6.54 Å². The SMILES string of the molecule is CCCCCCCNC(=O)Cc1csc(SC(C)(C)C(=O)OP)n1. The van der Waals surface area contributed by atoms with E-state index in [-0.39, 0.29) is 18.3 Å². The molecule has 1 unspecified atom stereocenters. The minimum absolute atomic E-state index is 0.00373. The highest BCUT2D eigenvalue weighted by molar-refractivity contribution is 8.03. The largest absolute Gasteiger partial charge is 0.450 e. The molecule has 1 aromatic rings. The molecule has 0 bridgehead atoms. The predicted octanol–water partition coefficient (Wildman–Crippen LogP) is 3.98. The van der Waals surface area contributed by atoms with Crippen LogP contribution in [0.3, 0.4) is 0 Å². The van der Waals surface area contributed by atoms with Gasteiger partial charge in [-0.05, 0) is 20.3 Å². The zero-order chi connectivity index (χ0) is 18.0. The topological polar surface area (TPSA) is 68.3 Å². The summed E-state index contributed by atoms with van der Waals surface area (Å²) in [5, 5.41) is 4.80. The summed E-state index contributed by atoms with van der Waals surface area (Å²) in [4.78, 5) is 28.0. The lowest BCUT2D eigenvalue weighted by Crippen LogP contribution is -2.27. The average Bonchev–Trinajstić information content (AvgIpc) is 2.95. The molecule has 1 rings (SSSR count). The minimum atomic E-state index is -0.711. The Morgan fingerprint density at radius 3 is 2.71 bits per heavy atom. The molecule has 0 radical (unpaired) electrons. The molecule has 1 atom stereocenters. The number of carbonyl (C=O) groups excluding carboxylic acids is 2. The van der Waals surface area contributed by atoms with Gasteiger partial charge in [0, 0.05) is 11.9 Å². The highest BCUT2D eigenvalue weighted by Gasteiger charge is 2.31. The molecule has 24 heavy (non-hydrogen) atoms. The van der Waals surface area contributed by atoms with Crippen LogP contribution < -0.4 is 5.32 Å². The standard InChI is InChI=1S/C16H27N2O3PS2/c1-4-5-6-7-8-9-17-13(19)10-12-11-23-15(18-12)24-16(2,3)14(20)21-22/h11H,4-10,22H2,1-3H3,(H,17,19). The van der Waals surface area contributed by atoms with Gasteiger partial charge in [-0.1, -0.05) is 44.4 Å². The van der Waals surface area contributed by atoms with Crippen LogP contribution in [0.4, 0.5) is 0 Å². The second-order valence-electron chi connectivity index (χ2n) is 6.06. The Morgan fingerprint density at radius 2 is 2.04 bits per heavy atom. The Labute approximate surface area is 155 Å². The van der Waals surface area contributed by atoms with Crippen molar-refractivity contribution in [3.05, 3.63) is 11.1 Å². The third-order valence-electron chi connectivity index (χ3n) is 3.42. The number of nitrogens with zero attached hydrogens (tertiary/aromatic N) is 1. The summed E-state index contributed by atoms with van der Waals surface area (Å²) >= 11 is 2.78. The number of hydrogen-bond acceptors (Lipinski definition) is 6. The summed E-state index contributed by atoms with van der Waals surface area (Å²) in [7, 11) is 1.97. The van der Waals surface area contributed by atoms with Gasteiger partial charge < -0.3 is 9.84 Å². The van der Waals surface area contributed by atoms with Gasteiger partial charge in [0.2, 0.25) is 5.91 Å². The van der Waals surface area contributed by atoms with Gasteiger partial charge in [-0.2, -0.15) is 0 Å². The molecule has 1 aromatic heterocycles. The van der Waals surface area contributed by atoms with Crippen molar-refractivity contribution < 1.29 is 14.1 Å². The summed E-state index contributed by atoms with van der Waals surface area (Å²) in [5.41, 5.74) is 0.737. The number of amides is 1. The smallest absolute Gasteiger partial charge is 0.324 e. The van der Waals surface area contributed by atoms with Crippen LogP contribution in [0, 0.1) is 0 Å². The Bertz CT molecular complexity index is 535.